The van der Waals surface area contributed by atoms with Crippen molar-refractivity contribution in [2.75, 3.05) is 0 Å². The maximum atomic E-state index is 6.06. The molecule has 1 atom stereocenters. The van der Waals surface area contributed by atoms with E-state index in [0.717, 1.165) is 15.7 Å². The number of hydrogen-bond donors (Lipinski definition) is 1. The van der Waals surface area contributed by atoms with Crippen LogP contribution in [-0.2, 0) is 13.5 Å². The molecule has 0 aromatic carbocycles. The molecule has 0 fully saturated rings. The first-order valence-electron chi connectivity index (χ1n) is 4.67. The molecule has 2 N–H and O–H groups in total. The molecule has 0 saturated heterocycles. The molecule has 5 nitrogen and oxygen atoms in total. The summed E-state index contributed by atoms with van der Waals surface area (Å²) in [6.45, 7) is 1.98. The second-order valence-electron chi connectivity index (χ2n) is 3.39. The summed E-state index contributed by atoms with van der Waals surface area (Å²) in [5, 5.41) is 5.05. The van der Waals surface area contributed by atoms with E-state index in [1.54, 1.807) is 22.3 Å². The molecule has 0 radical (unpaired) electrons. The summed E-state index contributed by atoms with van der Waals surface area (Å²) in [6.07, 6.45) is 4.07. The Morgan fingerprint density at radius 3 is 2.87 bits per heavy atom. The minimum Gasteiger partial charge on any atom is -0.323 e. The van der Waals surface area contributed by atoms with Gasteiger partial charge in [-0.25, -0.2) is 9.97 Å². The molecule has 6 heteroatoms. The van der Waals surface area contributed by atoms with Gasteiger partial charge in [0.05, 0.1) is 5.01 Å². The Bertz CT molecular complexity index is 447. The molecule has 2 rings (SSSR count). The lowest BCUT2D eigenvalue weighted by atomic mass is 10.2. The molecular weight excluding hydrogens is 210 g/mol. The summed E-state index contributed by atoms with van der Waals surface area (Å²) < 4.78 is 1.74. The van der Waals surface area contributed by atoms with Crippen molar-refractivity contribution in [2.45, 2.75) is 19.4 Å². The van der Waals surface area contributed by atoms with Gasteiger partial charge in [-0.1, -0.05) is 0 Å². The minimum absolute atomic E-state index is 0.0425. The van der Waals surface area contributed by atoms with Crippen LogP contribution in [0, 0.1) is 6.92 Å². The number of nitrogens with two attached hydrogens (primary N) is 1. The molecule has 0 saturated carbocycles. The van der Waals surface area contributed by atoms with Gasteiger partial charge in [0.25, 0.3) is 0 Å². The molecule has 15 heavy (non-hydrogen) atoms. The largest absolute Gasteiger partial charge is 0.323 e. The van der Waals surface area contributed by atoms with E-state index in [9.17, 15) is 0 Å². The standard InChI is InChI=1S/C9H13N5S/c1-6-11-4-8(15-6)7(10)3-9-12-5-13-14(9)2/h4-5,7H,3,10H2,1-2H3. The van der Waals surface area contributed by atoms with Crippen LogP contribution in [0.5, 0.6) is 0 Å². The number of hydrogen-bond acceptors (Lipinski definition) is 5. The third-order valence-corrected chi connectivity index (χ3v) is 3.26. The Hall–Kier alpha value is -1.27. The Morgan fingerprint density at radius 2 is 2.33 bits per heavy atom. The molecule has 0 amide bonds. The monoisotopic (exact) mass is 223 g/mol. The van der Waals surface area contributed by atoms with Gasteiger partial charge in [0.2, 0.25) is 0 Å². The average Bonchev–Trinajstić information content (AvgIpc) is 2.77. The van der Waals surface area contributed by atoms with Gasteiger partial charge < -0.3 is 5.73 Å². The van der Waals surface area contributed by atoms with Crippen LogP contribution in [0.3, 0.4) is 0 Å². The van der Waals surface area contributed by atoms with E-state index >= 15 is 0 Å². The molecule has 0 bridgehead atoms. The van der Waals surface area contributed by atoms with E-state index < -0.39 is 0 Å². The normalized spacial score (nSPS) is 13.0. The Kier molecular flexibility index (Phi) is 2.79. The Morgan fingerprint density at radius 1 is 1.53 bits per heavy atom. The number of rotatable bonds is 3. The smallest absolute Gasteiger partial charge is 0.138 e. The summed E-state index contributed by atoms with van der Waals surface area (Å²) in [4.78, 5) is 9.42. The second-order valence-corrected chi connectivity index (χ2v) is 4.66. The third kappa shape index (κ3) is 2.21. The Labute approximate surface area is 92.0 Å². The van der Waals surface area contributed by atoms with Crippen molar-refractivity contribution in [2.24, 2.45) is 12.8 Å². The van der Waals surface area contributed by atoms with E-state index in [2.05, 4.69) is 15.1 Å². The van der Waals surface area contributed by atoms with Crippen molar-refractivity contribution in [3.8, 4) is 0 Å². The highest BCUT2D eigenvalue weighted by atomic mass is 32.1. The predicted octanol–water partition coefficient (Wildman–Crippen LogP) is 0.823. The maximum absolute atomic E-state index is 6.06. The van der Waals surface area contributed by atoms with Crippen molar-refractivity contribution in [1.29, 1.82) is 0 Å². The number of aromatic nitrogens is 4. The van der Waals surface area contributed by atoms with Crippen LogP contribution in [0.25, 0.3) is 0 Å². The summed E-state index contributed by atoms with van der Waals surface area (Å²) >= 11 is 1.63. The van der Waals surface area contributed by atoms with Gasteiger partial charge in [0.1, 0.15) is 12.2 Å². The number of aryl methyl sites for hydroxylation is 2. The first-order chi connectivity index (χ1) is 7.16. The third-order valence-electron chi connectivity index (χ3n) is 2.21. The van der Waals surface area contributed by atoms with Crippen molar-refractivity contribution < 1.29 is 0 Å². The zero-order chi connectivity index (χ0) is 10.8. The number of nitrogens with zero attached hydrogens (tertiary/aromatic N) is 4. The first-order valence-corrected chi connectivity index (χ1v) is 5.49. The maximum Gasteiger partial charge on any atom is 0.138 e. The van der Waals surface area contributed by atoms with Gasteiger partial charge >= 0.3 is 0 Å². The van der Waals surface area contributed by atoms with Gasteiger partial charge in [-0.2, -0.15) is 5.10 Å². The van der Waals surface area contributed by atoms with Crippen LogP contribution in [0.1, 0.15) is 21.8 Å². The summed E-state index contributed by atoms with van der Waals surface area (Å²) in [6, 6.07) is -0.0425. The molecule has 2 aromatic rings. The fourth-order valence-corrected chi connectivity index (χ4v) is 2.14. The van der Waals surface area contributed by atoms with Crippen LogP contribution >= 0.6 is 11.3 Å². The fraction of sp³-hybridized carbons (Fsp3) is 0.444. The van der Waals surface area contributed by atoms with Gasteiger partial charge in [-0.15, -0.1) is 11.3 Å². The van der Waals surface area contributed by atoms with E-state index in [4.69, 9.17) is 5.73 Å². The van der Waals surface area contributed by atoms with Crippen LogP contribution in [0.4, 0.5) is 0 Å². The van der Waals surface area contributed by atoms with E-state index in [0.29, 0.717) is 6.42 Å². The predicted molar refractivity (Wildman–Crippen MR) is 58.5 cm³/mol. The van der Waals surface area contributed by atoms with Crippen LogP contribution in [0.15, 0.2) is 12.5 Å². The van der Waals surface area contributed by atoms with Crippen molar-refractivity contribution in [3.05, 3.63) is 28.2 Å². The van der Waals surface area contributed by atoms with E-state index in [1.807, 2.05) is 20.2 Å². The highest BCUT2D eigenvalue weighted by Crippen LogP contribution is 2.20. The van der Waals surface area contributed by atoms with Crippen molar-refractivity contribution in [1.82, 2.24) is 19.7 Å². The molecule has 0 spiro atoms. The second kappa shape index (κ2) is 4.08. The highest BCUT2D eigenvalue weighted by molar-refractivity contribution is 7.11. The fourth-order valence-electron chi connectivity index (χ4n) is 1.35. The molecule has 0 aliphatic rings. The molecule has 2 aromatic heterocycles. The van der Waals surface area contributed by atoms with E-state index in [1.165, 1.54) is 0 Å². The highest BCUT2D eigenvalue weighted by Gasteiger charge is 2.12. The Balaban J connectivity index is 2.10. The van der Waals surface area contributed by atoms with E-state index in [-0.39, 0.29) is 6.04 Å². The summed E-state index contributed by atoms with van der Waals surface area (Å²) in [5.74, 6) is 0.897. The van der Waals surface area contributed by atoms with Crippen molar-refractivity contribution in [3.63, 3.8) is 0 Å². The van der Waals surface area contributed by atoms with Gasteiger partial charge in [-0.05, 0) is 6.92 Å². The van der Waals surface area contributed by atoms with Crippen LogP contribution < -0.4 is 5.73 Å². The molecular formula is C9H13N5S. The molecule has 1 unspecified atom stereocenters. The topological polar surface area (TPSA) is 69.6 Å². The zero-order valence-electron chi connectivity index (χ0n) is 8.71. The molecule has 2 heterocycles. The lowest BCUT2D eigenvalue weighted by molar-refractivity contribution is 0.635. The molecule has 0 aliphatic carbocycles. The average molecular weight is 223 g/mol. The van der Waals surface area contributed by atoms with Crippen molar-refractivity contribution >= 4 is 11.3 Å². The van der Waals surface area contributed by atoms with Gasteiger partial charge in [0.15, 0.2) is 0 Å². The SMILES string of the molecule is Cc1ncc(C(N)Cc2ncnn2C)s1. The van der Waals surface area contributed by atoms with Gasteiger partial charge in [0, 0.05) is 30.6 Å². The van der Waals surface area contributed by atoms with Gasteiger partial charge in [-0.3, -0.25) is 4.68 Å². The first kappa shape index (κ1) is 10.3. The summed E-state index contributed by atoms with van der Waals surface area (Å²) in [7, 11) is 1.87. The minimum atomic E-state index is -0.0425. The van der Waals surface area contributed by atoms with Crippen LogP contribution in [0.2, 0.25) is 0 Å². The molecule has 0 aliphatic heterocycles. The quantitative estimate of drug-likeness (QED) is 0.836. The van der Waals surface area contributed by atoms with Crippen LogP contribution in [-0.4, -0.2) is 19.7 Å². The zero-order valence-corrected chi connectivity index (χ0v) is 9.53. The number of thiazole rings is 1. The lowest BCUT2D eigenvalue weighted by Crippen LogP contribution is -2.14. The molecule has 80 valence electrons. The lowest BCUT2D eigenvalue weighted by Gasteiger charge is -2.07. The summed E-state index contributed by atoms with van der Waals surface area (Å²) in [5.41, 5.74) is 6.06.